The summed E-state index contributed by atoms with van der Waals surface area (Å²) in [6.07, 6.45) is 7.88. The topological polar surface area (TPSA) is 73.2 Å². The average molecular weight is 428 g/mol. The summed E-state index contributed by atoms with van der Waals surface area (Å²) < 4.78 is 7.02. The molecule has 6 nitrogen and oxygen atoms in total. The van der Waals surface area contributed by atoms with Gasteiger partial charge in [-0.3, -0.25) is 9.36 Å². The molecule has 2 heterocycles. The Bertz CT molecular complexity index is 1010. The molecule has 1 atom stereocenters. The molecule has 1 N–H and O–H groups in total. The first kappa shape index (κ1) is 20.7. The van der Waals surface area contributed by atoms with Crippen molar-refractivity contribution in [1.82, 2.24) is 9.55 Å². The number of aromatic nitrogens is 2. The molecule has 1 spiro atoms. The van der Waals surface area contributed by atoms with Gasteiger partial charge in [-0.15, -0.1) is 0 Å². The van der Waals surface area contributed by atoms with Crippen molar-refractivity contribution < 1.29 is 9.53 Å². The lowest BCUT2D eigenvalue weighted by Gasteiger charge is -2.23. The average Bonchev–Trinajstić information content (AvgIpc) is 3.36. The molecule has 1 aliphatic carbocycles. The Hall–Kier alpha value is -2.60. The van der Waals surface area contributed by atoms with E-state index < -0.39 is 6.04 Å². The van der Waals surface area contributed by atoms with Gasteiger partial charge in [-0.05, 0) is 31.2 Å². The molecule has 0 fully saturated rings. The summed E-state index contributed by atoms with van der Waals surface area (Å²) in [5, 5.41) is 3.37. The van der Waals surface area contributed by atoms with Crippen molar-refractivity contribution in [3.63, 3.8) is 0 Å². The number of ether oxygens (including phenoxy) is 1. The van der Waals surface area contributed by atoms with Gasteiger partial charge in [-0.2, -0.15) is 0 Å². The molecule has 30 heavy (non-hydrogen) atoms. The maximum absolute atomic E-state index is 13.4. The molecule has 0 saturated heterocycles. The first-order valence-electron chi connectivity index (χ1n) is 10.5. The Morgan fingerprint density at radius 1 is 1.30 bits per heavy atom. The van der Waals surface area contributed by atoms with E-state index in [9.17, 15) is 9.59 Å². The van der Waals surface area contributed by atoms with Crippen molar-refractivity contribution in [1.29, 1.82) is 0 Å². The fourth-order valence-electron chi connectivity index (χ4n) is 4.40. The normalized spacial score (nSPS) is 18.5. The molecule has 2 aromatic rings. The van der Waals surface area contributed by atoms with E-state index in [2.05, 4.69) is 22.5 Å². The molecule has 0 bridgehead atoms. The maximum atomic E-state index is 13.4. The minimum atomic E-state index is -0.679. The minimum absolute atomic E-state index is 0.155. The van der Waals surface area contributed by atoms with Crippen LogP contribution in [0.15, 0.2) is 47.3 Å². The van der Waals surface area contributed by atoms with Gasteiger partial charge in [-0.25, -0.2) is 9.78 Å². The summed E-state index contributed by atoms with van der Waals surface area (Å²) in [5.74, 6) is -0.214. The number of rotatable bonds is 7. The fraction of sp³-hybridized carbons (Fsp3) is 0.435. The lowest BCUT2D eigenvalue weighted by atomic mass is 9.80. The predicted molar refractivity (Wildman–Crippen MR) is 117 cm³/mol. The second kappa shape index (κ2) is 8.64. The highest BCUT2D eigenvalue weighted by Crippen LogP contribution is 2.50. The Morgan fingerprint density at radius 2 is 2.03 bits per heavy atom. The zero-order valence-electron chi connectivity index (χ0n) is 17.1. The molecule has 158 valence electrons. The maximum Gasteiger partial charge on any atom is 0.329 e. The number of allylic oxidation sites excluding steroid dienone is 2. The van der Waals surface area contributed by atoms with Crippen LogP contribution >= 0.6 is 11.6 Å². The molecule has 0 saturated carbocycles. The van der Waals surface area contributed by atoms with Gasteiger partial charge in [0.25, 0.3) is 5.56 Å². The van der Waals surface area contributed by atoms with Crippen molar-refractivity contribution in [2.75, 3.05) is 11.9 Å². The zero-order chi connectivity index (χ0) is 21.1. The van der Waals surface area contributed by atoms with E-state index in [1.54, 1.807) is 0 Å². The van der Waals surface area contributed by atoms with Crippen molar-refractivity contribution in [2.45, 2.75) is 57.0 Å². The number of fused-ring (bicyclic) bond motifs is 2. The fourth-order valence-corrected chi connectivity index (χ4v) is 4.78. The number of halogens is 1. The standard InChI is InChI=1S/C23H26ClN3O3/c1-2-3-13-30-22(29)17-14-23(11-7-8-12-23)18-19(24)26-20(21(28)27(17)18)25-15-16-9-5-4-6-10-16/h4-10,17H,2-3,11-15H2,1H3,(H,25,26)/t17-/m0/s1. The van der Waals surface area contributed by atoms with Crippen LogP contribution in [0.25, 0.3) is 0 Å². The van der Waals surface area contributed by atoms with E-state index in [4.69, 9.17) is 16.3 Å². The summed E-state index contributed by atoms with van der Waals surface area (Å²) in [6, 6.07) is 9.06. The van der Waals surface area contributed by atoms with Crippen molar-refractivity contribution in [2.24, 2.45) is 0 Å². The zero-order valence-corrected chi connectivity index (χ0v) is 17.8. The minimum Gasteiger partial charge on any atom is -0.464 e. The number of hydrogen-bond acceptors (Lipinski definition) is 5. The van der Waals surface area contributed by atoms with Gasteiger partial charge in [0.2, 0.25) is 0 Å². The van der Waals surface area contributed by atoms with Crippen LogP contribution in [0.4, 0.5) is 5.82 Å². The smallest absolute Gasteiger partial charge is 0.329 e. The first-order chi connectivity index (χ1) is 14.6. The number of nitrogens with zero attached hydrogens (tertiary/aromatic N) is 2. The molecular formula is C23H26ClN3O3. The van der Waals surface area contributed by atoms with Gasteiger partial charge in [0.05, 0.1) is 12.3 Å². The van der Waals surface area contributed by atoms with Crippen LogP contribution in [-0.2, 0) is 21.5 Å². The quantitative estimate of drug-likeness (QED) is 0.403. The van der Waals surface area contributed by atoms with Gasteiger partial charge in [0.1, 0.15) is 6.04 Å². The van der Waals surface area contributed by atoms with Crippen LogP contribution in [0.3, 0.4) is 0 Å². The number of carbonyl (C=O) groups is 1. The Morgan fingerprint density at radius 3 is 2.73 bits per heavy atom. The molecule has 0 unspecified atom stereocenters. The van der Waals surface area contributed by atoms with E-state index in [-0.39, 0.29) is 27.9 Å². The summed E-state index contributed by atoms with van der Waals surface area (Å²) in [6.45, 7) is 2.84. The number of nitrogens with one attached hydrogen (secondary N) is 1. The highest BCUT2D eigenvalue weighted by molar-refractivity contribution is 6.30. The van der Waals surface area contributed by atoms with Gasteiger partial charge < -0.3 is 10.1 Å². The van der Waals surface area contributed by atoms with Gasteiger partial charge in [0, 0.05) is 12.0 Å². The van der Waals surface area contributed by atoms with Gasteiger partial charge >= 0.3 is 5.97 Å². The summed E-state index contributed by atoms with van der Waals surface area (Å²) >= 11 is 6.60. The van der Waals surface area contributed by atoms with Crippen LogP contribution in [0.1, 0.15) is 56.3 Å². The molecule has 0 radical (unpaired) electrons. The van der Waals surface area contributed by atoms with E-state index in [1.165, 1.54) is 4.57 Å². The van der Waals surface area contributed by atoms with Crippen LogP contribution in [0.2, 0.25) is 5.15 Å². The second-order valence-electron chi connectivity index (χ2n) is 8.02. The van der Waals surface area contributed by atoms with Crippen LogP contribution in [-0.4, -0.2) is 22.1 Å². The van der Waals surface area contributed by atoms with Crippen LogP contribution in [0.5, 0.6) is 0 Å². The highest BCUT2D eigenvalue weighted by atomic mass is 35.5. The lowest BCUT2D eigenvalue weighted by molar-refractivity contribution is -0.147. The molecule has 4 rings (SSSR count). The van der Waals surface area contributed by atoms with Crippen molar-refractivity contribution in [3.05, 3.63) is 69.2 Å². The molecule has 1 aliphatic heterocycles. The number of hydrogen-bond donors (Lipinski definition) is 1. The SMILES string of the molecule is CCCCOC(=O)[C@@H]1CC2(CC=CC2)c2c(Cl)nc(NCc3ccccc3)c(=O)n21. The number of carbonyl (C=O) groups excluding carboxylic acids is 1. The molecular weight excluding hydrogens is 402 g/mol. The predicted octanol–water partition coefficient (Wildman–Crippen LogP) is 4.38. The number of anilines is 1. The number of esters is 1. The third kappa shape index (κ3) is 3.76. The number of unbranched alkanes of at least 4 members (excludes halogenated alkanes) is 1. The van der Waals surface area contributed by atoms with E-state index in [0.29, 0.717) is 25.3 Å². The largest absolute Gasteiger partial charge is 0.464 e. The van der Waals surface area contributed by atoms with E-state index in [1.807, 2.05) is 37.3 Å². The second-order valence-corrected chi connectivity index (χ2v) is 8.37. The van der Waals surface area contributed by atoms with Gasteiger partial charge in [-0.1, -0.05) is 67.4 Å². The Labute approximate surface area is 180 Å². The van der Waals surface area contributed by atoms with Crippen molar-refractivity contribution in [3.8, 4) is 0 Å². The van der Waals surface area contributed by atoms with E-state index in [0.717, 1.165) is 31.2 Å². The third-order valence-corrected chi connectivity index (χ3v) is 6.23. The van der Waals surface area contributed by atoms with Crippen LogP contribution in [0, 0.1) is 0 Å². The third-order valence-electron chi connectivity index (χ3n) is 5.97. The Balaban J connectivity index is 1.69. The lowest BCUT2D eigenvalue weighted by Crippen LogP contribution is -2.32. The number of benzene rings is 1. The summed E-state index contributed by atoms with van der Waals surface area (Å²) in [5.41, 5.74) is 0.982. The van der Waals surface area contributed by atoms with Crippen molar-refractivity contribution >= 4 is 23.4 Å². The van der Waals surface area contributed by atoms with Crippen LogP contribution < -0.4 is 10.9 Å². The first-order valence-corrected chi connectivity index (χ1v) is 10.9. The molecule has 2 aliphatic rings. The molecule has 1 aromatic heterocycles. The Kier molecular flexibility index (Phi) is 5.95. The molecule has 0 amide bonds. The summed E-state index contributed by atoms with van der Waals surface area (Å²) in [4.78, 5) is 30.6. The monoisotopic (exact) mass is 427 g/mol. The molecule has 1 aromatic carbocycles. The van der Waals surface area contributed by atoms with Gasteiger partial charge in [0.15, 0.2) is 11.0 Å². The highest BCUT2D eigenvalue weighted by Gasteiger charge is 2.50. The summed E-state index contributed by atoms with van der Waals surface area (Å²) in [7, 11) is 0. The van der Waals surface area contributed by atoms with E-state index >= 15 is 0 Å². The molecule has 7 heteroatoms.